The average molecular weight is 224 g/mol. The third kappa shape index (κ3) is 3.82. The zero-order valence-corrected chi connectivity index (χ0v) is 9.43. The van der Waals surface area contributed by atoms with E-state index in [-0.39, 0.29) is 17.6 Å². The van der Waals surface area contributed by atoms with Crippen LogP contribution in [0.2, 0.25) is 0 Å². The second kappa shape index (κ2) is 6.02. The standard InChI is InChI=1S/C10H16N4O2/c1-3-16-6-7(2)14-10(15)8-4-13-9(11)5-12-8/h4-5,7H,3,6H2,1-2H3,(H2,11,13)(H,14,15). The van der Waals surface area contributed by atoms with Gasteiger partial charge in [-0.2, -0.15) is 0 Å². The molecular formula is C10H16N4O2. The Morgan fingerprint density at radius 2 is 2.31 bits per heavy atom. The highest BCUT2D eigenvalue weighted by molar-refractivity contribution is 5.92. The van der Waals surface area contributed by atoms with Crippen LogP contribution in [-0.2, 0) is 4.74 Å². The summed E-state index contributed by atoms with van der Waals surface area (Å²) in [6, 6.07) is -0.0631. The van der Waals surface area contributed by atoms with E-state index in [1.807, 2.05) is 13.8 Å². The van der Waals surface area contributed by atoms with Crippen LogP contribution in [0.5, 0.6) is 0 Å². The SMILES string of the molecule is CCOCC(C)NC(=O)c1cnc(N)cn1. The Morgan fingerprint density at radius 1 is 1.56 bits per heavy atom. The van der Waals surface area contributed by atoms with Gasteiger partial charge in [-0.05, 0) is 13.8 Å². The van der Waals surface area contributed by atoms with Crippen LogP contribution in [0, 0.1) is 0 Å². The largest absolute Gasteiger partial charge is 0.382 e. The van der Waals surface area contributed by atoms with Crippen molar-refractivity contribution in [3.63, 3.8) is 0 Å². The van der Waals surface area contributed by atoms with E-state index in [2.05, 4.69) is 15.3 Å². The molecule has 0 saturated carbocycles. The Morgan fingerprint density at radius 3 is 2.88 bits per heavy atom. The molecule has 0 radical (unpaired) electrons. The maximum Gasteiger partial charge on any atom is 0.271 e. The molecule has 88 valence electrons. The first-order valence-electron chi connectivity index (χ1n) is 5.09. The van der Waals surface area contributed by atoms with Crippen LogP contribution in [0.15, 0.2) is 12.4 Å². The summed E-state index contributed by atoms with van der Waals surface area (Å²) in [5.41, 5.74) is 5.62. The van der Waals surface area contributed by atoms with Crippen molar-refractivity contribution in [2.24, 2.45) is 0 Å². The summed E-state index contributed by atoms with van der Waals surface area (Å²) in [6.07, 6.45) is 2.69. The molecule has 0 aromatic carbocycles. The quantitative estimate of drug-likeness (QED) is 0.746. The minimum Gasteiger partial charge on any atom is -0.382 e. The Balaban J connectivity index is 2.48. The summed E-state index contributed by atoms with van der Waals surface area (Å²) >= 11 is 0. The zero-order chi connectivity index (χ0) is 12.0. The molecule has 0 bridgehead atoms. The van der Waals surface area contributed by atoms with Crippen LogP contribution >= 0.6 is 0 Å². The smallest absolute Gasteiger partial charge is 0.271 e. The van der Waals surface area contributed by atoms with Gasteiger partial charge >= 0.3 is 0 Å². The number of carbonyl (C=O) groups excluding carboxylic acids is 1. The third-order valence-corrected chi connectivity index (χ3v) is 1.85. The number of amides is 1. The van der Waals surface area contributed by atoms with E-state index in [0.29, 0.717) is 19.0 Å². The molecular weight excluding hydrogens is 208 g/mol. The lowest BCUT2D eigenvalue weighted by atomic mass is 10.3. The molecule has 6 heteroatoms. The van der Waals surface area contributed by atoms with Gasteiger partial charge in [0.2, 0.25) is 0 Å². The van der Waals surface area contributed by atoms with Crippen LogP contribution in [0.3, 0.4) is 0 Å². The van der Waals surface area contributed by atoms with Gasteiger partial charge in [0.1, 0.15) is 11.5 Å². The van der Waals surface area contributed by atoms with Gasteiger partial charge in [0.05, 0.1) is 19.0 Å². The molecule has 16 heavy (non-hydrogen) atoms. The van der Waals surface area contributed by atoms with Crippen molar-refractivity contribution in [1.82, 2.24) is 15.3 Å². The normalized spacial score (nSPS) is 12.1. The maximum atomic E-state index is 11.6. The zero-order valence-electron chi connectivity index (χ0n) is 9.43. The Kier molecular flexibility index (Phi) is 4.65. The lowest BCUT2D eigenvalue weighted by Crippen LogP contribution is -2.36. The van der Waals surface area contributed by atoms with Crippen molar-refractivity contribution in [2.45, 2.75) is 19.9 Å². The summed E-state index contributed by atoms with van der Waals surface area (Å²) in [5.74, 6) is 0.0126. The van der Waals surface area contributed by atoms with Crippen molar-refractivity contribution in [1.29, 1.82) is 0 Å². The molecule has 0 fully saturated rings. The molecule has 1 rings (SSSR count). The van der Waals surface area contributed by atoms with E-state index < -0.39 is 0 Å². The number of hydrogen-bond acceptors (Lipinski definition) is 5. The lowest BCUT2D eigenvalue weighted by molar-refractivity contribution is 0.0867. The Labute approximate surface area is 94.2 Å². The van der Waals surface area contributed by atoms with Crippen LogP contribution in [0.25, 0.3) is 0 Å². The summed E-state index contributed by atoms with van der Waals surface area (Å²) in [7, 11) is 0. The minimum absolute atomic E-state index is 0.0631. The van der Waals surface area contributed by atoms with E-state index in [1.54, 1.807) is 0 Å². The lowest BCUT2D eigenvalue weighted by Gasteiger charge is -2.12. The molecule has 1 atom stereocenters. The van der Waals surface area contributed by atoms with Crippen molar-refractivity contribution in [3.8, 4) is 0 Å². The maximum absolute atomic E-state index is 11.6. The van der Waals surface area contributed by atoms with Gasteiger partial charge in [-0.3, -0.25) is 4.79 Å². The predicted molar refractivity (Wildman–Crippen MR) is 59.9 cm³/mol. The van der Waals surface area contributed by atoms with Gasteiger partial charge in [-0.15, -0.1) is 0 Å². The Bertz CT molecular complexity index is 339. The molecule has 0 aliphatic rings. The van der Waals surface area contributed by atoms with Crippen molar-refractivity contribution >= 4 is 11.7 Å². The van der Waals surface area contributed by atoms with E-state index in [4.69, 9.17) is 10.5 Å². The summed E-state index contributed by atoms with van der Waals surface area (Å²) < 4.78 is 5.18. The van der Waals surface area contributed by atoms with Crippen LogP contribution < -0.4 is 11.1 Å². The molecule has 0 aliphatic carbocycles. The predicted octanol–water partition coefficient (Wildman–Crippen LogP) is 0.214. The number of hydrogen-bond donors (Lipinski definition) is 2. The number of ether oxygens (including phenoxy) is 1. The van der Waals surface area contributed by atoms with Crippen LogP contribution in [0.4, 0.5) is 5.82 Å². The third-order valence-electron chi connectivity index (χ3n) is 1.85. The molecule has 1 heterocycles. The van der Waals surface area contributed by atoms with E-state index in [1.165, 1.54) is 12.4 Å². The molecule has 0 saturated heterocycles. The van der Waals surface area contributed by atoms with Gasteiger partial charge < -0.3 is 15.8 Å². The van der Waals surface area contributed by atoms with Gasteiger partial charge in [-0.25, -0.2) is 9.97 Å². The fourth-order valence-corrected chi connectivity index (χ4v) is 1.09. The summed E-state index contributed by atoms with van der Waals surface area (Å²) in [4.78, 5) is 19.3. The van der Waals surface area contributed by atoms with Crippen LogP contribution in [-0.4, -0.2) is 35.1 Å². The number of carbonyl (C=O) groups is 1. The summed E-state index contributed by atoms with van der Waals surface area (Å²) in [6.45, 7) is 4.87. The molecule has 1 aromatic heterocycles. The molecule has 0 aliphatic heterocycles. The average Bonchev–Trinajstić information content (AvgIpc) is 2.27. The van der Waals surface area contributed by atoms with Gasteiger partial charge in [-0.1, -0.05) is 0 Å². The van der Waals surface area contributed by atoms with Crippen molar-refractivity contribution < 1.29 is 9.53 Å². The minimum atomic E-state index is -0.278. The first kappa shape index (κ1) is 12.4. The second-order valence-electron chi connectivity index (χ2n) is 3.36. The number of nitrogens with one attached hydrogen (secondary N) is 1. The summed E-state index contributed by atoms with van der Waals surface area (Å²) in [5, 5.41) is 2.74. The number of rotatable bonds is 5. The first-order chi connectivity index (χ1) is 7.63. The molecule has 6 nitrogen and oxygen atoms in total. The second-order valence-corrected chi connectivity index (χ2v) is 3.36. The Hall–Kier alpha value is -1.69. The van der Waals surface area contributed by atoms with E-state index >= 15 is 0 Å². The number of aromatic nitrogens is 2. The van der Waals surface area contributed by atoms with Crippen LogP contribution in [0.1, 0.15) is 24.3 Å². The molecule has 0 spiro atoms. The highest BCUT2D eigenvalue weighted by Gasteiger charge is 2.10. The number of anilines is 1. The fraction of sp³-hybridized carbons (Fsp3) is 0.500. The fourth-order valence-electron chi connectivity index (χ4n) is 1.09. The van der Waals surface area contributed by atoms with Crippen molar-refractivity contribution in [2.75, 3.05) is 18.9 Å². The van der Waals surface area contributed by atoms with Gasteiger partial charge in [0.15, 0.2) is 0 Å². The number of nitrogens with two attached hydrogens (primary N) is 1. The topological polar surface area (TPSA) is 90.1 Å². The number of nitrogens with zero attached hydrogens (tertiary/aromatic N) is 2. The van der Waals surface area contributed by atoms with Gasteiger partial charge in [0.25, 0.3) is 5.91 Å². The molecule has 1 amide bonds. The van der Waals surface area contributed by atoms with Gasteiger partial charge in [0, 0.05) is 12.6 Å². The molecule has 3 N–H and O–H groups in total. The van der Waals surface area contributed by atoms with E-state index in [0.717, 1.165) is 0 Å². The van der Waals surface area contributed by atoms with E-state index in [9.17, 15) is 4.79 Å². The highest BCUT2D eigenvalue weighted by Crippen LogP contribution is 1.97. The monoisotopic (exact) mass is 224 g/mol. The molecule has 1 unspecified atom stereocenters. The molecule has 1 aromatic rings. The van der Waals surface area contributed by atoms with Crippen molar-refractivity contribution in [3.05, 3.63) is 18.1 Å². The first-order valence-corrected chi connectivity index (χ1v) is 5.09. The number of nitrogen functional groups attached to an aromatic ring is 1. The highest BCUT2D eigenvalue weighted by atomic mass is 16.5.